The second-order valence-electron chi connectivity index (χ2n) is 5.80. The lowest BCUT2D eigenvalue weighted by atomic mass is 10.1. The molecule has 0 aromatic heterocycles. The standard InChI is InChI=1S/C19H21ClFN3O2/c1-22-19(24-12-14-4-2-3-5-16(14)21)23-7-6-13-10-15(20)18-17(11-13)25-8-9-26-18/h2-5,10-11H,6-9,12H2,1H3,(H2,22,23,24). The Morgan fingerprint density at radius 2 is 2.00 bits per heavy atom. The molecule has 1 heterocycles. The smallest absolute Gasteiger partial charge is 0.191 e. The van der Waals surface area contributed by atoms with Gasteiger partial charge in [0, 0.05) is 25.7 Å². The van der Waals surface area contributed by atoms with Gasteiger partial charge in [0.15, 0.2) is 17.5 Å². The Bertz CT molecular complexity index is 798. The Morgan fingerprint density at radius 1 is 1.19 bits per heavy atom. The van der Waals surface area contributed by atoms with Gasteiger partial charge in [0.05, 0.1) is 5.02 Å². The molecule has 2 N–H and O–H groups in total. The number of benzene rings is 2. The fourth-order valence-electron chi connectivity index (χ4n) is 2.68. The van der Waals surface area contributed by atoms with E-state index in [4.69, 9.17) is 21.1 Å². The summed E-state index contributed by atoms with van der Waals surface area (Å²) in [6.07, 6.45) is 0.733. The summed E-state index contributed by atoms with van der Waals surface area (Å²) in [5.74, 6) is 1.66. The molecule has 0 amide bonds. The van der Waals surface area contributed by atoms with Gasteiger partial charge in [-0.1, -0.05) is 29.8 Å². The highest BCUT2D eigenvalue weighted by atomic mass is 35.5. The van der Waals surface area contributed by atoms with Gasteiger partial charge in [-0.05, 0) is 30.2 Å². The van der Waals surface area contributed by atoms with Crippen LogP contribution < -0.4 is 20.1 Å². The molecule has 2 aromatic rings. The fourth-order valence-corrected chi connectivity index (χ4v) is 2.96. The molecule has 0 radical (unpaired) electrons. The van der Waals surface area contributed by atoms with Gasteiger partial charge in [0.1, 0.15) is 19.0 Å². The van der Waals surface area contributed by atoms with Crippen LogP contribution in [0, 0.1) is 5.82 Å². The highest BCUT2D eigenvalue weighted by molar-refractivity contribution is 6.32. The monoisotopic (exact) mass is 377 g/mol. The average molecular weight is 378 g/mol. The minimum atomic E-state index is -0.235. The highest BCUT2D eigenvalue weighted by Crippen LogP contribution is 2.38. The van der Waals surface area contributed by atoms with Crippen molar-refractivity contribution in [2.24, 2.45) is 4.99 Å². The first-order valence-corrected chi connectivity index (χ1v) is 8.81. The third kappa shape index (κ3) is 4.58. The molecule has 138 valence electrons. The van der Waals surface area contributed by atoms with Crippen molar-refractivity contribution in [3.63, 3.8) is 0 Å². The first kappa shape index (κ1) is 18.3. The van der Waals surface area contributed by atoms with Gasteiger partial charge in [0.25, 0.3) is 0 Å². The maximum absolute atomic E-state index is 13.7. The largest absolute Gasteiger partial charge is 0.486 e. The van der Waals surface area contributed by atoms with Gasteiger partial charge in [0.2, 0.25) is 0 Å². The lowest BCUT2D eigenvalue weighted by Gasteiger charge is -2.20. The number of rotatable bonds is 5. The van der Waals surface area contributed by atoms with E-state index >= 15 is 0 Å². The molecule has 0 saturated carbocycles. The van der Waals surface area contributed by atoms with Crippen LogP contribution in [0.15, 0.2) is 41.4 Å². The summed E-state index contributed by atoms with van der Waals surface area (Å²) in [6, 6.07) is 10.5. The molecule has 0 aliphatic carbocycles. The van der Waals surface area contributed by atoms with E-state index in [1.54, 1.807) is 19.2 Å². The lowest BCUT2D eigenvalue weighted by molar-refractivity contribution is 0.171. The third-order valence-corrected chi connectivity index (χ3v) is 4.27. The van der Waals surface area contributed by atoms with Crippen LogP contribution in [-0.4, -0.2) is 32.8 Å². The van der Waals surface area contributed by atoms with Gasteiger partial charge in [-0.25, -0.2) is 4.39 Å². The van der Waals surface area contributed by atoms with Crippen LogP contribution in [0.2, 0.25) is 5.02 Å². The number of halogens is 2. The lowest BCUT2D eigenvalue weighted by Crippen LogP contribution is -2.38. The van der Waals surface area contributed by atoms with Crippen LogP contribution in [0.1, 0.15) is 11.1 Å². The second kappa shape index (κ2) is 8.76. The minimum absolute atomic E-state index is 0.235. The second-order valence-corrected chi connectivity index (χ2v) is 6.20. The topological polar surface area (TPSA) is 54.9 Å². The zero-order valence-corrected chi connectivity index (χ0v) is 15.3. The SMILES string of the molecule is CN=C(NCCc1cc(Cl)c2c(c1)OCCO2)NCc1ccccc1F. The zero-order chi connectivity index (χ0) is 18.4. The Kier molecular flexibility index (Phi) is 6.17. The summed E-state index contributed by atoms with van der Waals surface area (Å²) in [7, 11) is 1.68. The number of hydrogen-bond donors (Lipinski definition) is 2. The first-order chi connectivity index (χ1) is 12.7. The predicted molar refractivity (Wildman–Crippen MR) is 101 cm³/mol. The molecule has 0 saturated heterocycles. The van der Waals surface area contributed by atoms with Crippen LogP contribution in [0.25, 0.3) is 0 Å². The maximum Gasteiger partial charge on any atom is 0.191 e. The summed E-state index contributed by atoms with van der Waals surface area (Å²) >= 11 is 6.25. The Morgan fingerprint density at radius 3 is 2.81 bits per heavy atom. The van der Waals surface area contributed by atoms with E-state index in [1.165, 1.54) is 6.07 Å². The molecule has 1 aliphatic heterocycles. The molecular weight excluding hydrogens is 357 g/mol. The first-order valence-electron chi connectivity index (χ1n) is 8.43. The van der Waals surface area contributed by atoms with E-state index in [9.17, 15) is 4.39 Å². The van der Waals surface area contributed by atoms with Crippen molar-refractivity contribution >= 4 is 17.6 Å². The van der Waals surface area contributed by atoms with Gasteiger partial charge in [-0.3, -0.25) is 4.99 Å². The maximum atomic E-state index is 13.7. The normalized spacial score (nSPS) is 13.4. The van der Waals surface area contributed by atoms with Crippen molar-refractivity contribution in [3.05, 3.63) is 58.4 Å². The van der Waals surface area contributed by atoms with Crippen LogP contribution in [0.3, 0.4) is 0 Å². The van der Waals surface area contributed by atoms with Crippen LogP contribution in [-0.2, 0) is 13.0 Å². The summed E-state index contributed by atoms with van der Waals surface area (Å²) < 4.78 is 24.8. The van der Waals surface area contributed by atoms with Crippen LogP contribution in [0.4, 0.5) is 4.39 Å². The number of aliphatic imine (C=N–C) groups is 1. The van der Waals surface area contributed by atoms with E-state index in [0.717, 1.165) is 12.0 Å². The van der Waals surface area contributed by atoms with Crippen molar-refractivity contribution in [1.29, 1.82) is 0 Å². The van der Waals surface area contributed by atoms with E-state index < -0.39 is 0 Å². The van der Waals surface area contributed by atoms with Crippen molar-refractivity contribution in [2.75, 3.05) is 26.8 Å². The fraction of sp³-hybridized carbons (Fsp3) is 0.316. The van der Waals surface area contributed by atoms with E-state index in [0.29, 0.717) is 54.3 Å². The minimum Gasteiger partial charge on any atom is -0.486 e. The molecule has 0 spiro atoms. The molecule has 3 rings (SSSR count). The number of nitrogens with zero attached hydrogens (tertiary/aromatic N) is 1. The number of guanidine groups is 1. The number of fused-ring (bicyclic) bond motifs is 1. The van der Waals surface area contributed by atoms with Crippen LogP contribution in [0.5, 0.6) is 11.5 Å². The van der Waals surface area contributed by atoms with Crippen molar-refractivity contribution in [2.45, 2.75) is 13.0 Å². The van der Waals surface area contributed by atoms with Crippen molar-refractivity contribution < 1.29 is 13.9 Å². The molecule has 0 fully saturated rings. The van der Waals surface area contributed by atoms with Gasteiger partial charge >= 0.3 is 0 Å². The molecule has 2 aromatic carbocycles. The summed E-state index contributed by atoms with van der Waals surface area (Å²) in [4.78, 5) is 4.15. The molecule has 0 atom stereocenters. The molecule has 7 heteroatoms. The van der Waals surface area contributed by atoms with Gasteiger partial charge in [-0.2, -0.15) is 0 Å². The molecule has 0 unspecified atom stereocenters. The van der Waals surface area contributed by atoms with E-state index in [1.807, 2.05) is 18.2 Å². The van der Waals surface area contributed by atoms with Crippen molar-refractivity contribution in [1.82, 2.24) is 10.6 Å². The van der Waals surface area contributed by atoms with Crippen LogP contribution >= 0.6 is 11.6 Å². The average Bonchev–Trinajstić information content (AvgIpc) is 2.66. The Labute approximate surface area is 157 Å². The van der Waals surface area contributed by atoms with E-state index in [-0.39, 0.29) is 5.82 Å². The summed E-state index contributed by atoms with van der Waals surface area (Å²) in [5.41, 5.74) is 1.63. The zero-order valence-electron chi connectivity index (χ0n) is 14.5. The Balaban J connectivity index is 1.52. The Hall–Kier alpha value is -2.47. The number of hydrogen-bond acceptors (Lipinski definition) is 3. The molecule has 5 nitrogen and oxygen atoms in total. The molecule has 0 bridgehead atoms. The summed E-state index contributed by atoms with van der Waals surface area (Å²) in [5, 5.41) is 6.87. The number of nitrogens with one attached hydrogen (secondary N) is 2. The highest BCUT2D eigenvalue weighted by Gasteiger charge is 2.16. The third-order valence-electron chi connectivity index (χ3n) is 3.99. The molecule has 1 aliphatic rings. The van der Waals surface area contributed by atoms with E-state index in [2.05, 4.69) is 15.6 Å². The van der Waals surface area contributed by atoms with Gasteiger partial charge < -0.3 is 20.1 Å². The molecule has 26 heavy (non-hydrogen) atoms. The number of ether oxygens (including phenoxy) is 2. The molecular formula is C19H21ClFN3O2. The summed E-state index contributed by atoms with van der Waals surface area (Å²) in [6.45, 7) is 2.05. The van der Waals surface area contributed by atoms with Crippen molar-refractivity contribution in [3.8, 4) is 11.5 Å². The quantitative estimate of drug-likeness (QED) is 0.621. The predicted octanol–water partition coefficient (Wildman–Crippen LogP) is 3.16. The van der Waals surface area contributed by atoms with Gasteiger partial charge in [-0.15, -0.1) is 0 Å².